The van der Waals surface area contributed by atoms with E-state index in [0.29, 0.717) is 23.7 Å². The van der Waals surface area contributed by atoms with Gasteiger partial charge in [-0.05, 0) is 50.2 Å². The van der Waals surface area contributed by atoms with Crippen LogP contribution in [-0.2, 0) is 6.54 Å². The zero-order valence-electron chi connectivity index (χ0n) is 15.6. The topological polar surface area (TPSA) is 90.4 Å². The average Bonchev–Trinajstić information content (AvgIpc) is 3.05. The Morgan fingerprint density at radius 2 is 1.78 bits per heavy atom. The third kappa shape index (κ3) is 3.32. The number of primary amides is 1. The van der Waals surface area contributed by atoms with Crippen LogP contribution in [0.15, 0.2) is 18.2 Å². The molecule has 0 spiro atoms. The van der Waals surface area contributed by atoms with Gasteiger partial charge < -0.3 is 15.5 Å². The summed E-state index contributed by atoms with van der Waals surface area (Å²) < 4.78 is 0. The van der Waals surface area contributed by atoms with E-state index in [2.05, 4.69) is 11.0 Å². The zero-order chi connectivity index (χ0) is 19.0. The molecule has 1 aromatic carbocycles. The molecule has 1 saturated heterocycles. The van der Waals surface area contributed by atoms with Gasteiger partial charge in [-0.15, -0.1) is 0 Å². The van der Waals surface area contributed by atoms with E-state index < -0.39 is 5.91 Å². The van der Waals surface area contributed by atoms with Crippen LogP contribution in [0.2, 0.25) is 0 Å². The number of carbonyl (C=O) groups excluding carboxylic acids is 2. The lowest BCUT2D eigenvalue weighted by molar-refractivity contribution is 0.0494. The molecule has 2 amide bonds. The van der Waals surface area contributed by atoms with Crippen molar-refractivity contribution in [2.24, 2.45) is 11.7 Å². The highest BCUT2D eigenvalue weighted by Gasteiger charge is 2.37. The first kappa shape index (κ1) is 18.0. The van der Waals surface area contributed by atoms with Crippen molar-refractivity contribution in [2.75, 3.05) is 13.1 Å². The highest BCUT2D eigenvalue weighted by Crippen LogP contribution is 2.33. The SMILES string of the molecule is N#C[C@H]1CC[C@H](N2CCC(N3Cc4cccc(C(N)=O)c4C3=O)CC2)CC1. The lowest BCUT2D eigenvalue weighted by Crippen LogP contribution is -2.49. The number of fused-ring (bicyclic) bond motifs is 1. The fourth-order valence-corrected chi connectivity index (χ4v) is 5.02. The van der Waals surface area contributed by atoms with Crippen LogP contribution in [-0.4, -0.2) is 46.8 Å². The van der Waals surface area contributed by atoms with E-state index in [1.165, 1.54) is 0 Å². The van der Waals surface area contributed by atoms with Gasteiger partial charge in [-0.25, -0.2) is 0 Å². The van der Waals surface area contributed by atoms with Crippen LogP contribution in [0.25, 0.3) is 0 Å². The molecule has 3 aliphatic rings. The quantitative estimate of drug-likeness (QED) is 0.888. The Kier molecular flexibility index (Phi) is 4.88. The summed E-state index contributed by atoms with van der Waals surface area (Å²) in [6.45, 7) is 2.57. The summed E-state index contributed by atoms with van der Waals surface area (Å²) in [4.78, 5) is 29.1. The lowest BCUT2D eigenvalue weighted by atomic mass is 9.85. The maximum absolute atomic E-state index is 12.9. The molecule has 1 aromatic rings. The molecule has 4 rings (SSSR count). The van der Waals surface area contributed by atoms with Gasteiger partial charge in [0.05, 0.1) is 17.2 Å². The van der Waals surface area contributed by atoms with E-state index in [9.17, 15) is 9.59 Å². The van der Waals surface area contributed by atoms with Crippen LogP contribution in [0, 0.1) is 17.2 Å². The highest BCUT2D eigenvalue weighted by molar-refractivity contribution is 6.09. The summed E-state index contributed by atoms with van der Waals surface area (Å²) in [7, 11) is 0. The minimum absolute atomic E-state index is 0.0487. The fraction of sp³-hybridized carbons (Fsp3) is 0.571. The first-order chi connectivity index (χ1) is 13.1. The van der Waals surface area contributed by atoms with E-state index in [1.54, 1.807) is 12.1 Å². The molecule has 2 fully saturated rings. The first-order valence-corrected chi connectivity index (χ1v) is 9.94. The van der Waals surface area contributed by atoms with Gasteiger partial charge in [-0.2, -0.15) is 5.26 Å². The number of benzene rings is 1. The number of hydrogen-bond acceptors (Lipinski definition) is 4. The van der Waals surface area contributed by atoms with Crippen molar-refractivity contribution >= 4 is 11.8 Å². The van der Waals surface area contributed by atoms with Gasteiger partial charge in [0.1, 0.15) is 0 Å². The Labute approximate surface area is 159 Å². The molecule has 2 heterocycles. The molecular weight excluding hydrogens is 340 g/mol. The molecule has 1 aliphatic carbocycles. The molecule has 27 heavy (non-hydrogen) atoms. The Bertz CT molecular complexity index is 784. The van der Waals surface area contributed by atoms with Crippen LogP contribution in [0.3, 0.4) is 0 Å². The van der Waals surface area contributed by atoms with Crippen molar-refractivity contribution in [1.82, 2.24) is 9.80 Å². The van der Waals surface area contributed by atoms with Crippen molar-refractivity contribution in [3.63, 3.8) is 0 Å². The summed E-state index contributed by atoms with van der Waals surface area (Å²) in [5, 5.41) is 9.07. The van der Waals surface area contributed by atoms with Gasteiger partial charge in [0.15, 0.2) is 0 Å². The summed E-state index contributed by atoms with van der Waals surface area (Å²) in [5.74, 6) is -0.351. The van der Waals surface area contributed by atoms with Crippen molar-refractivity contribution in [1.29, 1.82) is 5.26 Å². The smallest absolute Gasteiger partial charge is 0.255 e. The number of nitrogens with two attached hydrogens (primary N) is 1. The Morgan fingerprint density at radius 3 is 2.41 bits per heavy atom. The molecule has 6 heteroatoms. The van der Waals surface area contributed by atoms with Gasteiger partial charge in [0.25, 0.3) is 5.91 Å². The number of nitriles is 1. The van der Waals surface area contributed by atoms with Gasteiger partial charge in [0, 0.05) is 37.6 Å². The molecule has 0 bridgehead atoms. The normalized spacial score (nSPS) is 26.6. The maximum Gasteiger partial charge on any atom is 0.255 e. The molecule has 1 saturated carbocycles. The molecule has 142 valence electrons. The third-order valence-electron chi connectivity index (χ3n) is 6.57. The van der Waals surface area contributed by atoms with Gasteiger partial charge in [-0.3, -0.25) is 9.59 Å². The molecule has 0 atom stereocenters. The summed E-state index contributed by atoms with van der Waals surface area (Å²) in [6, 6.07) is 8.57. The van der Waals surface area contributed by atoms with Gasteiger partial charge in [0.2, 0.25) is 5.91 Å². The van der Waals surface area contributed by atoms with Crippen molar-refractivity contribution in [3.8, 4) is 6.07 Å². The Morgan fingerprint density at radius 1 is 1.07 bits per heavy atom. The van der Waals surface area contributed by atoms with Crippen LogP contribution in [0.4, 0.5) is 0 Å². The minimum Gasteiger partial charge on any atom is -0.366 e. The van der Waals surface area contributed by atoms with E-state index in [4.69, 9.17) is 11.0 Å². The number of rotatable bonds is 3. The van der Waals surface area contributed by atoms with E-state index in [-0.39, 0.29) is 17.9 Å². The van der Waals surface area contributed by atoms with E-state index in [0.717, 1.165) is 57.2 Å². The lowest BCUT2D eigenvalue weighted by Gasteiger charge is -2.42. The van der Waals surface area contributed by atoms with Gasteiger partial charge >= 0.3 is 0 Å². The van der Waals surface area contributed by atoms with Crippen LogP contribution >= 0.6 is 0 Å². The van der Waals surface area contributed by atoms with Crippen LogP contribution in [0.5, 0.6) is 0 Å². The second-order valence-electron chi connectivity index (χ2n) is 8.04. The monoisotopic (exact) mass is 366 g/mol. The predicted molar refractivity (Wildman–Crippen MR) is 101 cm³/mol. The summed E-state index contributed by atoms with van der Waals surface area (Å²) >= 11 is 0. The number of carbonyl (C=O) groups is 2. The number of piperidine rings is 1. The van der Waals surface area contributed by atoms with E-state index >= 15 is 0 Å². The molecule has 2 aliphatic heterocycles. The second-order valence-corrected chi connectivity index (χ2v) is 8.04. The summed E-state index contributed by atoms with van der Waals surface area (Å²) in [6.07, 6.45) is 6.17. The minimum atomic E-state index is -0.537. The number of hydrogen-bond donors (Lipinski definition) is 1. The molecule has 2 N–H and O–H groups in total. The maximum atomic E-state index is 12.9. The Hall–Kier alpha value is -2.39. The van der Waals surface area contributed by atoms with Crippen LogP contribution < -0.4 is 5.73 Å². The summed E-state index contributed by atoms with van der Waals surface area (Å²) in [5.41, 5.74) is 7.21. The number of nitrogens with zero attached hydrogens (tertiary/aromatic N) is 3. The molecule has 0 aromatic heterocycles. The highest BCUT2D eigenvalue weighted by atomic mass is 16.2. The number of likely N-dealkylation sites (tertiary alicyclic amines) is 1. The van der Waals surface area contributed by atoms with Crippen LogP contribution in [0.1, 0.15) is 64.8 Å². The standard InChI is InChI=1S/C21H26N4O2/c22-12-14-4-6-16(7-5-14)24-10-8-17(9-11-24)25-13-15-2-1-3-18(20(23)26)19(15)21(25)27/h1-3,14,16-17H,4-11,13H2,(H2,23,26)/t14-,16-. The van der Waals surface area contributed by atoms with Gasteiger partial charge in [-0.1, -0.05) is 12.1 Å². The number of amides is 2. The van der Waals surface area contributed by atoms with E-state index in [1.807, 2.05) is 11.0 Å². The predicted octanol–water partition coefficient (Wildman–Crippen LogP) is 2.29. The molecule has 0 radical (unpaired) electrons. The van der Waals surface area contributed by atoms with Crippen molar-refractivity contribution < 1.29 is 9.59 Å². The molecule has 6 nitrogen and oxygen atoms in total. The Balaban J connectivity index is 1.38. The second kappa shape index (κ2) is 7.32. The third-order valence-corrected chi connectivity index (χ3v) is 6.57. The average molecular weight is 366 g/mol. The zero-order valence-corrected chi connectivity index (χ0v) is 15.6. The molecule has 0 unspecified atom stereocenters. The molecular formula is C21H26N4O2. The first-order valence-electron chi connectivity index (χ1n) is 9.94. The van der Waals surface area contributed by atoms with Crippen molar-refractivity contribution in [2.45, 2.75) is 57.2 Å². The largest absolute Gasteiger partial charge is 0.366 e. The fourth-order valence-electron chi connectivity index (χ4n) is 5.02. The van der Waals surface area contributed by atoms with Crippen molar-refractivity contribution in [3.05, 3.63) is 34.9 Å².